The average molecular weight is 320 g/mol. The van der Waals surface area contributed by atoms with Crippen LogP contribution in [0.2, 0.25) is 0 Å². The predicted molar refractivity (Wildman–Crippen MR) is 81.5 cm³/mol. The van der Waals surface area contributed by atoms with Crippen LogP contribution < -0.4 is 5.32 Å². The van der Waals surface area contributed by atoms with Crippen molar-refractivity contribution in [3.8, 4) is 11.7 Å². The van der Waals surface area contributed by atoms with Gasteiger partial charge in [0, 0.05) is 6.54 Å². The van der Waals surface area contributed by atoms with E-state index in [0.717, 1.165) is 19.4 Å². The molecule has 1 fully saturated rings. The van der Waals surface area contributed by atoms with E-state index in [1.807, 2.05) is 4.90 Å². The lowest BCUT2D eigenvalue weighted by atomic mass is 9.93. The average Bonchev–Trinajstić information content (AvgIpc) is 3.18. The van der Waals surface area contributed by atoms with Crippen molar-refractivity contribution in [2.24, 2.45) is 5.92 Å². The molecule has 2 N–H and O–H groups in total. The Morgan fingerprint density at radius 3 is 3.17 bits per heavy atom. The fourth-order valence-electron chi connectivity index (χ4n) is 2.76. The number of furan rings is 1. The number of aliphatic hydroxyl groups is 1. The van der Waals surface area contributed by atoms with E-state index < -0.39 is 0 Å². The van der Waals surface area contributed by atoms with E-state index in [4.69, 9.17) is 8.83 Å². The molecule has 0 spiro atoms. The second-order valence-electron chi connectivity index (χ2n) is 5.82. The third-order valence-corrected chi connectivity index (χ3v) is 3.99. The number of anilines is 1. The number of likely N-dealkylation sites (tertiary alicyclic amines) is 1. The monoisotopic (exact) mass is 320 g/mol. The second kappa shape index (κ2) is 6.93. The van der Waals surface area contributed by atoms with Crippen molar-refractivity contribution in [3.63, 3.8) is 0 Å². The Balaban J connectivity index is 1.53. The SMILES string of the molecule is CC(O)C1CCCN(CC(=O)Nc2nnc(-c3ccco3)o2)C1. The molecule has 0 saturated carbocycles. The lowest BCUT2D eigenvalue weighted by Gasteiger charge is -2.33. The molecule has 3 heterocycles. The molecule has 0 bridgehead atoms. The number of nitrogens with one attached hydrogen (secondary N) is 1. The maximum absolute atomic E-state index is 12.1. The fraction of sp³-hybridized carbons (Fsp3) is 0.533. The summed E-state index contributed by atoms with van der Waals surface area (Å²) in [6.07, 6.45) is 3.12. The summed E-state index contributed by atoms with van der Waals surface area (Å²) in [6, 6.07) is 3.46. The van der Waals surface area contributed by atoms with Gasteiger partial charge < -0.3 is 13.9 Å². The van der Waals surface area contributed by atoms with Gasteiger partial charge in [0.15, 0.2) is 5.76 Å². The highest BCUT2D eigenvalue weighted by Gasteiger charge is 2.25. The summed E-state index contributed by atoms with van der Waals surface area (Å²) in [4.78, 5) is 14.1. The first-order chi connectivity index (χ1) is 11.1. The van der Waals surface area contributed by atoms with Crippen LogP contribution in [-0.2, 0) is 4.79 Å². The first kappa shape index (κ1) is 15.7. The number of amides is 1. The fourth-order valence-corrected chi connectivity index (χ4v) is 2.76. The topological polar surface area (TPSA) is 105 Å². The zero-order chi connectivity index (χ0) is 16.2. The number of carbonyl (C=O) groups excluding carboxylic acids is 1. The van der Waals surface area contributed by atoms with Crippen molar-refractivity contribution < 1.29 is 18.7 Å². The maximum atomic E-state index is 12.1. The Labute approximate surface area is 133 Å². The van der Waals surface area contributed by atoms with E-state index in [-0.39, 0.29) is 36.4 Å². The van der Waals surface area contributed by atoms with E-state index in [1.54, 1.807) is 19.1 Å². The molecule has 2 aromatic rings. The smallest absolute Gasteiger partial charge is 0.322 e. The molecule has 1 aliphatic rings. The minimum Gasteiger partial charge on any atom is -0.459 e. The molecule has 0 aromatic carbocycles. The Bertz CT molecular complexity index is 638. The zero-order valence-electron chi connectivity index (χ0n) is 12.9. The third-order valence-electron chi connectivity index (χ3n) is 3.99. The molecule has 2 aromatic heterocycles. The molecule has 2 unspecified atom stereocenters. The molecule has 8 heteroatoms. The van der Waals surface area contributed by atoms with Crippen LogP contribution in [0, 0.1) is 5.92 Å². The molecule has 0 radical (unpaired) electrons. The molecule has 23 heavy (non-hydrogen) atoms. The molecule has 1 aliphatic heterocycles. The van der Waals surface area contributed by atoms with Crippen LogP contribution in [0.1, 0.15) is 19.8 Å². The van der Waals surface area contributed by atoms with Gasteiger partial charge in [0.2, 0.25) is 5.91 Å². The van der Waals surface area contributed by atoms with Gasteiger partial charge >= 0.3 is 6.01 Å². The van der Waals surface area contributed by atoms with E-state index >= 15 is 0 Å². The summed E-state index contributed by atoms with van der Waals surface area (Å²) < 4.78 is 10.5. The summed E-state index contributed by atoms with van der Waals surface area (Å²) >= 11 is 0. The predicted octanol–water partition coefficient (Wildman–Crippen LogP) is 1.36. The van der Waals surface area contributed by atoms with Crippen molar-refractivity contribution >= 4 is 11.9 Å². The van der Waals surface area contributed by atoms with Crippen molar-refractivity contribution in [3.05, 3.63) is 18.4 Å². The summed E-state index contributed by atoms with van der Waals surface area (Å²) in [6.45, 7) is 3.59. The molecule has 1 amide bonds. The highest BCUT2D eigenvalue weighted by molar-refractivity contribution is 5.90. The van der Waals surface area contributed by atoms with E-state index in [0.29, 0.717) is 12.3 Å². The van der Waals surface area contributed by atoms with Crippen LogP contribution in [0.25, 0.3) is 11.7 Å². The number of hydrogen-bond donors (Lipinski definition) is 2. The molecule has 0 aliphatic carbocycles. The van der Waals surface area contributed by atoms with Gasteiger partial charge in [-0.25, -0.2) is 0 Å². The van der Waals surface area contributed by atoms with Crippen LogP contribution in [0.15, 0.2) is 27.2 Å². The first-order valence-electron chi connectivity index (χ1n) is 7.69. The molecule has 2 atom stereocenters. The van der Waals surface area contributed by atoms with Crippen molar-refractivity contribution in [1.29, 1.82) is 0 Å². The summed E-state index contributed by atoms with van der Waals surface area (Å²) in [7, 11) is 0. The summed E-state index contributed by atoms with van der Waals surface area (Å²) in [5, 5.41) is 19.9. The zero-order valence-corrected chi connectivity index (χ0v) is 12.9. The summed E-state index contributed by atoms with van der Waals surface area (Å²) in [5.41, 5.74) is 0. The van der Waals surface area contributed by atoms with Gasteiger partial charge in [-0.15, -0.1) is 5.10 Å². The number of carbonyl (C=O) groups is 1. The van der Waals surface area contributed by atoms with Crippen LogP contribution in [-0.4, -0.2) is 51.8 Å². The van der Waals surface area contributed by atoms with Crippen LogP contribution in [0.3, 0.4) is 0 Å². The Kier molecular flexibility index (Phi) is 4.73. The van der Waals surface area contributed by atoms with Crippen LogP contribution in [0.5, 0.6) is 0 Å². The van der Waals surface area contributed by atoms with Gasteiger partial charge in [-0.2, -0.15) is 0 Å². The molecular formula is C15H20N4O4. The van der Waals surface area contributed by atoms with Crippen molar-refractivity contribution in [2.75, 3.05) is 25.0 Å². The minimum absolute atomic E-state index is 0.0467. The molecule has 3 rings (SSSR count). The summed E-state index contributed by atoms with van der Waals surface area (Å²) in [5.74, 6) is 0.669. The number of nitrogens with zero attached hydrogens (tertiary/aromatic N) is 3. The van der Waals surface area contributed by atoms with Gasteiger partial charge in [-0.1, -0.05) is 5.10 Å². The maximum Gasteiger partial charge on any atom is 0.322 e. The van der Waals surface area contributed by atoms with Gasteiger partial charge in [-0.3, -0.25) is 15.0 Å². The lowest BCUT2D eigenvalue weighted by Crippen LogP contribution is -2.43. The van der Waals surface area contributed by atoms with Gasteiger partial charge in [-0.05, 0) is 44.4 Å². The first-order valence-corrected chi connectivity index (χ1v) is 7.69. The normalized spacial score (nSPS) is 20.3. The molecule has 8 nitrogen and oxygen atoms in total. The second-order valence-corrected chi connectivity index (χ2v) is 5.82. The molecule has 124 valence electrons. The quantitative estimate of drug-likeness (QED) is 0.857. The number of aromatic nitrogens is 2. The van der Waals surface area contributed by atoms with Crippen LogP contribution >= 0.6 is 0 Å². The van der Waals surface area contributed by atoms with Crippen LogP contribution in [0.4, 0.5) is 6.01 Å². The molecular weight excluding hydrogens is 300 g/mol. The highest BCUT2D eigenvalue weighted by atomic mass is 16.4. The Morgan fingerprint density at radius 1 is 1.57 bits per heavy atom. The minimum atomic E-state index is -0.354. The van der Waals surface area contributed by atoms with Crippen molar-refractivity contribution in [2.45, 2.75) is 25.9 Å². The van der Waals surface area contributed by atoms with E-state index in [9.17, 15) is 9.90 Å². The van der Waals surface area contributed by atoms with Gasteiger partial charge in [0.25, 0.3) is 5.89 Å². The lowest BCUT2D eigenvalue weighted by molar-refractivity contribution is -0.118. The van der Waals surface area contributed by atoms with E-state index in [1.165, 1.54) is 6.26 Å². The van der Waals surface area contributed by atoms with E-state index in [2.05, 4.69) is 15.5 Å². The number of piperidine rings is 1. The van der Waals surface area contributed by atoms with Gasteiger partial charge in [0.05, 0.1) is 18.9 Å². The number of hydrogen-bond acceptors (Lipinski definition) is 7. The Morgan fingerprint density at radius 2 is 2.43 bits per heavy atom. The third kappa shape index (κ3) is 3.96. The van der Waals surface area contributed by atoms with Gasteiger partial charge in [0.1, 0.15) is 0 Å². The number of aliphatic hydroxyl groups excluding tert-OH is 1. The standard InChI is InChI=1S/C15H20N4O4/c1-10(20)11-4-2-6-19(8-11)9-13(21)16-15-18-17-14(23-15)12-5-3-7-22-12/h3,5,7,10-11,20H,2,4,6,8-9H2,1H3,(H,16,18,21). The largest absolute Gasteiger partial charge is 0.459 e. The number of rotatable bonds is 5. The Hall–Kier alpha value is -2.19. The van der Waals surface area contributed by atoms with Crippen molar-refractivity contribution in [1.82, 2.24) is 15.1 Å². The molecule has 1 saturated heterocycles. The highest BCUT2D eigenvalue weighted by Crippen LogP contribution is 2.21.